The number of rotatable bonds is 3. The summed E-state index contributed by atoms with van der Waals surface area (Å²) in [4.78, 5) is 19.0. The molecule has 3 unspecified atom stereocenters. The largest absolute Gasteiger partial charge is 0.333 e. The SMILES string of the molecule is O=P(O)(O)C(c1ccccc1F)C1CCCCC1F. The number of benzene rings is 1. The van der Waals surface area contributed by atoms with Crippen LogP contribution in [-0.2, 0) is 4.57 Å². The Hall–Kier alpha value is -0.770. The molecule has 1 aromatic carbocycles. The maximum Gasteiger partial charge on any atom is 0.333 e. The Morgan fingerprint density at radius 1 is 1.21 bits per heavy atom. The van der Waals surface area contributed by atoms with Crippen LogP contribution in [-0.4, -0.2) is 16.0 Å². The van der Waals surface area contributed by atoms with Crippen molar-refractivity contribution in [3.8, 4) is 0 Å². The van der Waals surface area contributed by atoms with E-state index in [1.165, 1.54) is 18.2 Å². The Kier molecular flexibility index (Phi) is 4.39. The van der Waals surface area contributed by atoms with Crippen LogP contribution in [0.1, 0.15) is 36.9 Å². The lowest BCUT2D eigenvalue weighted by atomic mass is 9.83. The smallest absolute Gasteiger partial charge is 0.324 e. The first-order valence-corrected chi connectivity index (χ1v) is 8.03. The molecule has 3 atom stereocenters. The van der Waals surface area contributed by atoms with Gasteiger partial charge in [0.05, 0.1) is 5.66 Å². The van der Waals surface area contributed by atoms with Crippen molar-refractivity contribution in [1.29, 1.82) is 0 Å². The van der Waals surface area contributed by atoms with Crippen molar-refractivity contribution in [3.63, 3.8) is 0 Å². The molecule has 1 aromatic rings. The lowest BCUT2D eigenvalue weighted by Gasteiger charge is -2.33. The quantitative estimate of drug-likeness (QED) is 0.837. The summed E-state index contributed by atoms with van der Waals surface area (Å²) in [7, 11) is -4.61. The molecule has 0 spiro atoms. The summed E-state index contributed by atoms with van der Waals surface area (Å²) in [6.45, 7) is 0. The predicted octanol–water partition coefficient (Wildman–Crippen LogP) is 3.57. The summed E-state index contributed by atoms with van der Waals surface area (Å²) >= 11 is 0. The summed E-state index contributed by atoms with van der Waals surface area (Å²) in [5.74, 6) is -1.50. The Morgan fingerprint density at radius 3 is 2.42 bits per heavy atom. The van der Waals surface area contributed by atoms with Gasteiger partial charge in [0.2, 0.25) is 0 Å². The van der Waals surface area contributed by atoms with Gasteiger partial charge in [0.1, 0.15) is 12.0 Å². The molecule has 1 aliphatic carbocycles. The van der Waals surface area contributed by atoms with Crippen LogP contribution in [0.15, 0.2) is 24.3 Å². The monoisotopic (exact) mass is 290 g/mol. The van der Waals surface area contributed by atoms with E-state index in [-0.39, 0.29) is 12.0 Å². The molecule has 3 nitrogen and oxygen atoms in total. The van der Waals surface area contributed by atoms with Crippen LogP contribution in [0.4, 0.5) is 8.78 Å². The second-order valence-electron chi connectivity index (χ2n) is 5.02. The lowest BCUT2D eigenvalue weighted by molar-refractivity contribution is 0.150. The van der Waals surface area contributed by atoms with Gasteiger partial charge in [-0.3, -0.25) is 4.57 Å². The molecule has 0 amide bonds. The second kappa shape index (κ2) is 5.70. The van der Waals surface area contributed by atoms with Crippen LogP contribution in [0.3, 0.4) is 0 Å². The average Bonchev–Trinajstić information content (AvgIpc) is 2.33. The average molecular weight is 290 g/mol. The second-order valence-corrected chi connectivity index (χ2v) is 6.75. The highest BCUT2D eigenvalue weighted by molar-refractivity contribution is 7.52. The molecule has 0 aliphatic heterocycles. The van der Waals surface area contributed by atoms with Crippen molar-refractivity contribution in [2.45, 2.75) is 37.5 Å². The van der Waals surface area contributed by atoms with Crippen molar-refractivity contribution >= 4 is 7.60 Å². The van der Waals surface area contributed by atoms with Gasteiger partial charge in [-0.05, 0) is 18.9 Å². The first-order chi connectivity index (χ1) is 8.91. The fraction of sp³-hybridized carbons (Fsp3) is 0.538. The summed E-state index contributed by atoms with van der Waals surface area (Å²) in [5, 5.41) is 0. The molecule has 19 heavy (non-hydrogen) atoms. The molecular formula is C13H17F2O3P. The van der Waals surface area contributed by atoms with Crippen LogP contribution in [0, 0.1) is 11.7 Å². The van der Waals surface area contributed by atoms with Crippen molar-refractivity contribution in [3.05, 3.63) is 35.6 Å². The van der Waals surface area contributed by atoms with E-state index in [1.54, 1.807) is 0 Å². The molecule has 106 valence electrons. The molecule has 0 bridgehead atoms. The molecule has 1 fully saturated rings. The number of hydrogen-bond acceptors (Lipinski definition) is 1. The van der Waals surface area contributed by atoms with E-state index in [1.807, 2.05) is 0 Å². The number of hydrogen-bond donors (Lipinski definition) is 2. The fourth-order valence-corrected chi connectivity index (χ4v) is 4.25. The van der Waals surface area contributed by atoms with Gasteiger partial charge in [-0.25, -0.2) is 8.78 Å². The zero-order valence-electron chi connectivity index (χ0n) is 10.4. The van der Waals surface area contributed by atoms with Gasteiger partial charge in [-0.15, -0.1) is 0 Å². The molecule has 6 heteroatoms. The van der Waals surface area contributed by atoms with Gasteiger partial charge < -0.3 is 9.79 Å². The zero-order chi connectivity index (χ0) is 14.0. The van der Waals surface area contributed by atoms with Crippen LogP contribution >= 0.6 is 7.60 Å². The van der Waals surface area contributed by atoms with Crippen molar-refractivity contribution in [2.75, 3.05) is 0 Å². The molecule has 0 radical (unpaired) electrons. The summed E-state index contributed by atoms with van der Waals surface area (Å²) < 4.78 is 39.5. The maximum atomic E-state index is 14.0. The zero-order valence-corrected chi connectivity index (χ0v) is 11.3. The highest BCUT2D eigenvalue weighted by atomic mass is 31.2. The van der Waals surface area contributed by atoms with Gasteiger partial charge in [-0.1, -0.05) is 31.0 Å². The molecule has 1 saturated carbocycles. The summed E-state index contributed by atoms with van der Waals surface area (Å²) in [6, 6.07) is 5.44. The fourth-order valence-electron chi connectivity index (χ4n) is 2.85. The third-order valence-corrected chi connectivity index (χ3v) is 5.11. The third kappa shape index (κ3) is 3.22. The van der Waals surface area contributed by atoms with E-state index in [0.29, 0.717) is 12.8 Å². The Morgan fingerprint density at radius 2 is 1.84 bits per heavy atom. The lowest BCUT2D eigenvalue weighted by Crippen LogP contribution is -2.27. The first kappa shape index (κ1) is 14.6. The summed E-state index contributed by atoms with van der Waals surface area (Å²) in [6.07, 6.45) is 0.811. The first-order valence-electron chi connectivity index (χ1n) is 6.35. The van der Waals surface area contributed by atoms with Crippen LogP contribution in [0.2, 0.25) is 0 Å². The standard InChI is InChI=1S/C13H17F2O3P/c14-11-7-3-1-5-9(11)13(19(16,17)18)10-6-2-4-8-12(10)15/h1,3,5,7,10,12-13H,2,4,6,8H2,(H2,16,17,18). The van der Waals surface area contributed by atoms with Crippen molar-refractivity contribution in [1.82, 2.24) is 0 Å². The molecule has 2 rings (SSSR count). The van der Waals surface area contributed by atoms with E-state index in [2.05, 4.69) is 0 Å². The molecule has 0 saturated heterocycles. The maximum absolute atomic E-state index is 14.0. The normalized spacial score (nSPS) is 26.1. The minimum Gasteiger partial charge on any atom is -0.324 e. The Bertz CT molecular complexity index is 489. The Balaban J connectivity index is 2.42. The highest BCUT2D eigenvalue weighted by Crippen LogP contribution is 2.59. The predicted molar refractivity (Wildman–Crippen MR) is 68.0 cm³/mol. The van der Waals surface area contributed by atoms with Crippen LogP contribution < -0.4 is 0 Å². The molecule has 0 heterocycles. The number of alkyl halides is 1. The van der Waals surface area contributed by atoms with E-state index >= 15 is 0 Å². The Labute approximate surface area is 110 Å². The van der Waals surface area contributed by atoms with E-state index in [0.717, 1.165) is 12.5 Å². The summed E-state index contributed by atoms with van der Waals surface area (Å²) in [5.41, 5.74) is -1.46. The van der Waals surface area contributed by atoms with Gasteiger partial charge in [0.15, 0.2) is 0 Å². The molecule has 0 aromatic heterocycles. The van der Waals surface area contributed by atoms with E-state index in [4.69, 9.17) is 0 Å². The van der Waals surface area contributed by atoms with Crippen molar-refractivity contribution < 1.29 is 23.1 Å². The third-order valence-electron chi connectivity index (χ3n) is 3.72. The van der Waals surface area contributed by atoms with Gasteiger partial charge in [0.25, 0.3) is 0 Å². The van der Waals surface area contributed by atoms with Crippen molar-refractivity contribution in [2.24, 2.45) is 5.92 Å². The number of halogens is 2. The minimum atomic E-state index is -4.61. The van der Waals surface area contributed by atoms with Crippen LogP contribution in [0.25, 0.3) is 0 Å². The van der Waals surface area contributed by atoms with Gasteiger partial charge in [-0.2, -0.15) is 0 Å². The minimum absolute atomic E-state index is 0.0783. The molecule has 2 N–H and O–H groups in total. The van der Waals surface area contributed by atoms with E-state index in [9.17, 15) is 23.1 Å². The topological polar surface area (TPSA) is 57.5 Å². The van der Waals surface area contributed by atoms with Crippen LogP contribution in [0.5, 0.6) is 0 Å². The van der Waals surface area contributed by atoms with E-state index < -0.39 is 31.2 Å². The van der Waals surface area contributed by atoms with Gasteiger partial charge in [0, 0.05) is 11.5 Å². The van der Waals surface area contributed by atoms with Gasteiger partial charge >= 0.3 is 7.60 Å². The molecule has 1 aliphatic rings. The molecular weight excluding hydrogens is 273 g/mol. The highest BCUT2D eigenvalue weighted by Gasteiger charge is 2.43.